The second-order valence-electron chi connectivity index (χ2n) is 5.04. The summed E-state index contributed by atoms with van der Waals surface area (Å²) < 4.78 is 32.5. The van der Waals surface area contributed by atoms with Crippen molar-refractivity contribution in [2.45, 2.75) is 24.7 Å². The Morgan fingerprint density at radius 3 is 2.55 bits per heavy atom. The fraction of sp³-hybridized carbons (Fsp3) is 0.500. The maximum Gasteiger partial charge on any atom is 0.306 e. The number of sulfonamides is 1. The van der Waals surface area contributed by atoms with E-state index in [2.05, 4.69) is 15.9 Å². The molecule has 0 radical (unpaired) electrons. The van der Waals surface area contributed by atoms with Gasteiger partial charge < -0.3 is 9.84 Å². The summed E-state index contributed by atoms with van der Waals surface area (Å²) in [4.78, 5) is 11.1. The zero-order valence-electron chi connectivity index (χ0n) is 12.2. The number of nitrogens with zero attached hydrogens (tertiary/aromatic N) is 1. The second-order valence-corrected chi connectivity index (χ2v) is 7.83. The van der Waals surface area contributed by atoms with Crippen LogP contribution in [0.1, 0.15) is 19.8 Å². The van der Waals surface area contributed by atoms with Crippen molar-refractivity contribution in [3.05, 3.63) is 22.7 Å². The molecule has 1 heterocycles. The topological polar surface area (TPSA) is 83.9 Å². The van der Waals surface area contributed by atoms with E-state index < -0.39 is 21.9 Å². The van der Waals surface area contributed by atoms with E-state index in [0.29, 0.717) is 29.7 Å². The SMILES string of the molecule is CCOc1ccc(S(=O)(=O)N2CCC(C(=O)O)CC2)cc1Br. The van der Waals surface area contributed by atoms with Gasteiger partial charge in [-0.25, -0.2) is 8.42 Å². The number of piperidine rings is 1. The molecule has 22 heavy (non-hydrogen) atoms. The van der Waals surface area contributed by atoms with Gasteiger partial charge in [0.05, 0.1) is 21.9 Å². The van der Waals surface area contributed by atoms with Gasteiger partial charge in [-0.3, -0.25) is 4.79 Å². The van der Waals surface area contributed by atoms with Crippen molar-refractivity contribution < 1.29 is 23.1 Å². The minimum Gasteiger partial charge on any atom is -0.493 e. The summed E-state index contributed by atoms with van der Waals surface area (Å²) >= 11 is 3.31. The lowest BCUT2D eigenvalue weighted by molar-refractivity contribution is -0.142. The van der Waals surface area contributed by atoms with E-state index in [9.17, 15) is 13.2 Å². The second kappa shape index (κ2) is 6.97. The number of halogens is 1. The third-order valence-corrected chi connectivity index (χ3v) is 6.16. The van der Waals surface area contributed by atoms with Crippen molar-refractivity contribution in [2.24, 2.45) is 5.92 Å². The summed E-state index contributed by atoms with van der Waals surface area (Å²) in [5, 5.41) is 8.97. The molecule has 0 atom stereocenters. The van der Waals surface area contributed by atoms with E-state index in [4.69, 9.17) is 9.84 Å². The standard InChI is InChI=1S/C14H18BrNO5S/c1-2-21-13-4-3-11(9-12(13)15)22(19,20)16-7-5-10(6-8-16)14(17)18/h3-4,9-10H,2,5-8H2,1H3,(H,17,18). The maximum absolute atomic E-state index is 12.6. The average molecular weight is 392 g/mol. The van der Waals surface area contributed by atoms with Crippen LogP contribution in [-0.2, 0) is 14.8 Å². The van der Waals surface area contributed by atoms with E-state index in [1.807, 2.05) is 6.92 Å². The van der Waals surface area contributed by atoms with Gasteiger partial charge in [0, 0.05) is 13.1 Å². The fourth-order valence-corrected chi connectivity index (χ4v) is 4.55. The number of hydrogen-bond donors (Lipinski definition) is 1. The van der Waals surface area contributed by atoms with E-state index in [0.717, 1.165) is 0 Å². The number of carboxylic acids is 1. The van der Waals surface area contributed by atoms with Crippen LogP contribution in [0.25, 0.3) is 0 Å². The highest BCUT2D eigenvalue weighted by atomic mass is 79.9. The smallest absolute Gasteiger partial charge is 0.306 e. The normalized spacial score (nSPS) is 17.4. The Bertz CT molecular complexity index is 653. The summed E-state index contributed by atoms with van der Waals surface area (Å²) in [6.07, 6.45) is 0.680. The molecular formula is C14H18BrNO5S. The molecular weight excluding hydrogens is 374 g/mol. The third kappa shape index (κ3) is 3.61. The van der Waals surface area contributed by atoms with Gasteiger partial charge in [-0.2, -0.15) is 4.31 Å². The molecule has 1 fully saturated rings. The van der Waals surface area contributed by atoms with Crippen LogP contribution in [0.2, 0.25) is 0 Å². The van der Waals surface area contributed by atoms with Crippen molar-refractivity contribution in [3.8, 4) is 5.75 Å². The van der Waals surface area contributed by atoms with Gasteiger partial charge in [-0.1, -0.05) is 0 Å². The van der Waals surface area contributed by atoms with Crippen LogP contribution in [0, 0.1) is 5.92 Å². The predicted molar refractivity (Wildman–Crippen MR) is 84.4 cm³/mol. The van der Waals surface area contributed by atoms with Crippen molar-refractivity contribution in [1.82, 2.24) is 4.31 Å². The lowest BCUT2D eigenvalue weighted by Gasteiger charge is -2.29. The minimum atomic E-state index is -3.61. The minimum absolute atomic E-state index is 0.177. The lowest BCUT2D eigenvalue weighted by atomic mass is 9.99. The molecule has 0 aliphatic carbocycles. The largest absolute Gasteiger partial charge is 0.493 e. The van der Waals surface area contributed by atoms with Gasteiger partial charge in [0.1, 0.15) is 5.75 Å². The van der Waals surface area contributed by atoms with E-state index in [-0.39, 0.29) is 18.0 Å². The molecule has 0 bridgehead atoms. The summed E-state index contributed by atoms with van der Waals surface area (Å²) in [7, 11) is -3.61. The molecule has 1 aliphatic heterocycles. The molecule has 1 N–H and O–H groups in total. The van der Waals surface area contributed by atoms with Gasteiger partial charge in [0.15, 0.2) is 0 Å². The summed E-state index contributed by atoms with van der Waals surface area (Å²) in [6, 6.07) is 4.64. The van der Waals surface area contributed by atoms with Crippen LogP contribution in [-0.4, -0.2) is 43.5 Å². The number of carbonyl (C=O) groups is 1. The molecule has 122 valence electrons. The Labute approximate surface area is 138 Å². The molecule has 0 unspecified atom stereocenters. The number of aliphatic carboxylic acids is 1. The van der Waals surface area contributed by atoms with Crippen LogP contribution in [0.15, 0.2) is 27.6 Å². The lowest BCUT2D eigenvalue weighted by Crippen LogP contribution is -2.40. The zero-order chi connectivity index (χ0) is 16.3. The van der Waals surface area contributed by atoms with Crippen LogP contribution >= 0.6 is 15.9 Å². The number of hydrogen-bond acceptors (Lipinski definition) is 4. The molecule has 1 aromatic rings. The number of ether oxygens (including phenoxy) is 1. The number of benzene rings is 1. The molecule has 6 nitrogen and oxygen atoms in total. The van der Waals surface area contributed by atoms with E-state index in [1.54, 1.807) is 6.07 Å². The highest BCUT2D eigenvalue weighted by Crippen LogP contribution is 2.30. The Kier molecular flexibility index (Phi) is 5.46. The van der Waals surface area contributed by atoms with Gasteiger partial charge >= 0.3 is 5.97 Å². The van der Waals surface area contributed by atoms with Gasteiger partial charge in [-0.05, 0) is 53.9 Å². The zero-order valence-corrected chi connectivity index (χ0v) is 14.6. The molecule has 0 saturated carbocycles. The van der Waals surface area contributed by atoms with E-state index in [1.165, 1.54) is 16.4 Å². The van der Waals surface area contributed by atoms with Crippen LogP contribution in [0.3, 0.4) is 0 Å². The Hall–Kier alpha value is -1.12. The average Bonchev–Trinajstić information content (AvgIpc) is 2.49. The number of carboxylic acid groups (broad SMARTS) is 1. The highest BCUT2D eigenvalue weighted by molar-refractivity contribution is 9.10. The van der Waals surface area contributed by atoms with Crippen molar-refractivity contribution >= 4 is 31.9 Å². The first-order valence-corrected chi connectivity index (χ1v) is 9.25. The first kappa shape index (κ1) is 17.2. The summed E-state index contributed by atoms with van der Waals surface area (Å²) in [5.41, 5.74) is 0. The quantitative estimate of drug-likeness (QED) is 0.832. The molecule has 0 spiro atoms. The fourth-order valence-electron chi connectivity index (χ4n) is 2.41. The Balaban J connectivity index is 2.17. The summed E-state index contributed by atoms with van der Waals surface area (Å²) in [5.74, 6) is -0.731. The van der Waals surface area contributed by atoms with Gasteiger partial charge in [-0.15, -0.1) is 0 Å². The first-order chi connectivity index (χ1) is 10.4. The third-order valence-electron chi connectivity index (χ3n) is 3.64. The molecule has 8 heteroatoms. The maximum atomic E-state index is 12.6. The predicted octanol–water partition coefficient (Wildman–Crippen LogP) is 2.33. The monoisotopic (exact) mass is 391 g/mol. The summed E-state index contributed by atoms with van der Waals surface area (Å²) in [6.45, 7) is 2.80. The van der Waals surface area contributed by atoms with Gasteiger partial charge in [0.25, 0.3) is 0 Å². The van der Waals surface area contributed by atoms with E-state index >= 15 is 0 Å². The van der Waals surface area contributed by atoms with Crippen LogP contribution in [0.4, 0.5) is 0 Å². The van der Waals surface area contributed by atoms with Gasteiger partial charge in [0.2, 0.25) is 10.0 Å². The molecule has 0 aromatic heterocycles. The van der Waals surface area contributed by atoms with Crippen molar-refractivity contribution in [2.75, 3.05) is 19.7 Å². The Morgan fingerprint density at radius 2 is 2.05 bits per heavy atom. The molecule has 1 aliphatic rings. The first-order valence-electron chi connectivity index (χ1n) is 7.01. The highest BCUT2D eigenvalue weighted by Gasteiger charge is 2.32. The molecule has 1 saturated heterocycles. The van der Waals surface area contributed by atoms with Crippen molar-refractivity contribution in [3.63, 3.8) is 0 Å². The molecule has 0 amide bonds. The molecule has 2 rings (SSSR count). The Morgan fingerprint density at radius 1 is 1.41 bits per heavy atom. The van der Waals surface area contributed by atoms with Crippen LogP contribution < -0.4 is 4.74 Å². The van der Waals surface area contributed by atoms with Crippen LogP contribution in [0.5, 0.6) is 5.75 Å². The molecule has 1 aromatic carbocycles. The number of rotatable bonds is 5. The van der Waals surface area contributed by atoms with Crippen molar-refractivity contribution in [1.29, 1.82) is 0 Å².